The maximum Gasteiger partial charge on any atom is 0.287 e. The highest BCUT2D eigenvalue weighted by atomic mass is 16.4. The van der Waals surface area contributed by atoms with E-state index in [0.717, 1.165) is 54.4 Å². The quantitative estimate of drug-likeness (QED) is 0.317. The molecule has 202 valence electrons. The zero-order valence-corrected chi connectivity index (χ0v) is 22.2. The number of likely N-dealkylation sites (N-methyl/N-ethyl adjacent to an activating group) is 1. The van der Waals surface area contributed by atoms with Gasteiger partial charge < -0.3 is 24.8 Å². The van der Waals surface area contributed by atoms with Gasteiger partial charge in [0.25, 0.3) is 11.8 Å². The van der Waals surface area contributed by atoms with Crippen LogP contribution in [0.4, 0.5) is 0 Å². The van der Waals surface area contributed by atoms with Crippen molar-refractivity contribution in [2.24, 2.45) is 5.92 Å². The predicted octanol–water partition coefficient (Wildman–Crippen LogP) is 4.26. The van der Waals surface area contributed by atoms with Gasteiger partial charge in [-0.05, 0) is 61.1 Å². The highest BCUT2D eigenvalue weighted by Crippen LogP contribution is 2.28. The van der Waals surface area contributed by atoms with Crippen molar-refractivity contribution in [1.82, 2.24) is 25.3 Å². The van der Waals surface area contributed by atoms with Gasteiger partial charge in [0, 0.05) is 31.5 Å². The first-order chi connectivity index (χ1) is 18.9. The summed E-state index contributed by atoms with van der Waals surface area (Å²) in [4.78, 5) is 42.7. The van der Waals surface area contributed by atoms with Crippen LogP contribution in [-0.2, 0) is 11.3 Å². The van der Waals surface area contributed by atoms with Crippen LogP contribution in [0.15, 0.2) is 65.3 Å². The van der Waals surface area contributed by atoms with Gasteiger partial charge in [-0.25, -0.2) is 4.98 Å². The highest BCUT2D eigenvalue weighted by Gasteiger charge is 2.31. The molecule has 5 rings (SSSR count). The molecule has 4 aromatic rings. The van der Waals surface area contributed by atoms with Crippen molar-refractivity contribution < 1.29 is 18.8 Å². The van der Waals surface area contributed by atoms with Crippen LogP contribution in [0.5, 0.6) is 0 Å². The molecule has 1 fully saturated rings. The summed E-state index contributed by atoms with van der Waals surface area (Å²) in [5.74, 6) is -0.0615. The maximum absolute atomic E-state index is 13.0. The van der Waals surface area contributed by atoms with E-state index < -0.39 is 11.9 Å². The molecule has 3 aromatic heterocycles. The first-order valence-corrected chi connectivity index (χ1v) is 13.4. The summed E-state index contributed by atoms with van der Waals surface area (Å²) in [7, 11) is 1.59. The molecule has 9 nitrogen and oxygen atoms in total. The fraction of sp³-hybridized carbons (Fsp3) is 0.333. The number of hydrogen-bond acceptors (Lipinski definition) is 5. The minimum Gasteiger partial charge on any atom is -0.451 e. The summed E-state index contributed by atoms with van der Waals surface area (Å²) in [5.41, 5.74) is 3.75. The molecule has 0 unspecified atom stereocenters. The zero-order valence-electron chi connectivity index (χ0n) is 22.2. The molecular weight excluding hydrogens is 494 g/mol. The van der Waals surface area contributed by atoms with Crippen molar-refractivity contribution in [3.8, 4) is 11.3 Å². The van der Waals surface area contributed by atoms with Crippen molar-refractivity contribution in [1.29, 1.82) is 0 Å². The highest BCUT2D eigenvalue weighted by molar-refractivity contribution is 5.96. The fourth-order valence-corrected chi connectivity index (χ4v) is 5.22. The van der Waals surface area contributed by atoms with Crippen LogP contribution in [0.2, 0.25) is 0 Å². The van der Waals surface area contributed by atoms with Crippen LogP contribution in [0.1, 0.15) is 64.3 Å². The molecule has 3 N–H and O–H groups in total. The van der Waals surface area contributed by atoms with Crippen LogP contribution in [0, 0.1) is 12.8 Å². The van der Waals surface area contributed by atoms with E-state index in [1.165, 1.54) is 0 Å². The lowest BCUT2D eigenvalue weighted by Crippen LogP contribution is -2.50. The number of rotatable bonds is 8. The summed E-state index contributed by atoms with van der Waals surface area (Å²) < 4.78 is 7.72. The number of amides is 3. The molecule has 0 spiro atoms. The Morgan fingerprint density at radius 2 is 1.87 bits per heavy atom. The second-order valence-corrected chi connectivity index (χ2v) is 10.1. The van der Waals surface area contributed by atoms with E-state index in [4.69, 9.17) is 4.42 Å². The van der Waals surface area contributed by atoms with E-state index in [9.17, 15) is 14.4 Å². The Kier molecular flexibility index (Phi) is 7.76. The minimum atomic E-state index is -0.583. The van der Waals surface area contributed by atoms with Crippen LogP contribution < -0.4 is 16.0 Å². The van der Waals surface area contributed by atoms with Gasteiger partial charge >= 0.3 is 0 Å². The van der Waals surface area contributed by atoms with Gasteiger partial charge in [0.05, 0.1) is 0 Å². The van der Waals surface area contributed by atoms with Crippen molar-refractivity contribution in [2.75, 3.05) is 7.05 Å². The number of nitrogens with zero attached hydrogens (tertiary/aromatic N) is 2. The number of hydrogen-bond donors (Lipinski definition) is 3. The Labute approximate surface area is 227 Å². The first kappa shape index (κ1) is 26.2. The van der Waals surface area contributed by atoms with Crippen molar-refractivity contribution >= 4 is 23.4 Å². The van der Waals surface area contributed by atoms with E-state index in [2.05, 4.69) is 20.9 Å². The number of fused-ring (bicyclic) bond motifs is 1. The molecule has 1 aliphatic rings. The number of carbonyl (C=O) groups excluding carboxylic acids is 3. The van der Waals surface area contributed by atoms with E-state index >= 15 is 0 Å². The number of furan rings is 1. The van der Waals surface area contributed by atoms with Gasteiger partial charge in [-0.3, -0.25) is 14.4 Å². The standard InChI is InChI=1S/C30H33N5O4/c1-19-8-7-15-35-18-23(33-27(19)35)28(36)32-17-20-9-6-12-22(16-20)24-13-14-25(39-24)29(37)34-26(30(38)31-2)21-10-4-3-5-11-21/h6-9,12-16,18,21,26H,3-5,10-11,17H2,1-2H3,(H,31,38)(H,32,36)(H,34,37)/t26-/m1/s1. The lowest BCUT2D eigenvalue weighted by atomic mass is 9.83. The molecule has 1 atom stereocenters. The molecule has 1 aromatic carbocycles. The summed E-state index contributed by atoms with van der Waals surface area (Å²) in [6.45, 7) is 2.26. The zero-order chi connectivity index (χ0) is 27.4. The number of aryl methyl sites for hydroxylation is 1. The molecule has 0 saturated heterocycles. The average molecular weight is 528 g/mol. The summed E-state index contributed by atoms with van der Waals surface area (Å²) >= 11 is 0. The monoisotopic (exact) mass is 527 g/mol. The van der Waals surface area contributed by atoms with Crippen LogP contribution >= 0.6 is 0 Å². The van der Waals surface area contributed by atoms with E-state index in [-0.39, 0.29) is 23.5 Å². The molecule has 3 amide bonds. The molecule has 1 saturated carbocycles. The summed E-state index contributed by atoms with van der Waals surface area (Å²) in [6.07, 6.45) is 8.70. The molecule has 0 aliphatic heterocycles. The third-order valence-electron chi connectivity index (χ3n) is 7.34. The Hall–Kier alpha value is -4.40. The van der Waals surface area contributed by atoms with Gasteiger partial charge in [0.1, 0.15) is 23.1 Å². The van der Waals surface area contributed by atoms with Gasteiger partial charge in [-0.2, -0.15) is 0 Å². The molecule has 9 heteroatoms. The second-order valence-electron chi connectivity index (χ2n) is 10.1. The molecule has 0 radical (unpaired) electrons. The summed E-state index contributed by atoms with van der Waals surface area (Å²) in [6, 6.07) is 14.2. The molecule has 39 heavy (non-hydrogen) atoms. The van der Waals surface area contributed by atoms with Crippen molar-refractivity contribution in [2.45, 2.75) is 51.6 Å². The smallest absolute Gasteiger partial charge is 0.287 e. The number of carbonyl (C=O) groups is 3. The minimum absolute atomic E-state index is 0.119. The third-order valence-corrected chi connectivity index (χ3v) is 7.34. The molecule has 3 heterocycles. The van der Waals surface area contributed by atoms with Crippen LogP contribution in [0.25, 0.3) is 17.0 Å². The molecule has 1 aliphatic carbocycles. The Morgan fingerprint density at radius 1 is 1.05 bits per heavy atom. The van der Waals surface area contributed by atoms with E-state index in [1.54, 1.807) is 25.4 Å². The Bertz CT molecular complexity index is 1500. The normalized spacial score (nSPS) is 14.6. The number of aromatic nitrogens is 2. The first-order valence-electron chi connectivity index (χ1n) is 13.4. The lowest BCUT2D eigenvalue weighted by molar-refractivity contribution is -0.124. The summed E-state index contributed by atoms with van der Waals surface area (Å²) in [5, 5.41) is 8.49. The molecular formula is C30H33N5O4. The van der Waals surface area contributed by atoms with Gasteiger partial charge in [0.15, 0.2) is 5.76 Å². The topological polar surface area (TPSA) is 118 Å². The van der Waals surface area contributed by atoms with Gasteiger partial charge in [-0.1, -0.05) is 43.5 Å². The number of imidazole rings is 1. The molecule has 0 bridgehead atoms. The number of benzene rings is 1. The van der Waals surface area contributed by atoms with Crippen molar-refractivity contribution in [3.63, 3.8) is 0 Å². The maximum atomic E-state index is 13.0. The second kappa shape index (κ2) is 11.6. The largest absolute Gasteiger partial charge is 0.451 e. The van der Waals surface area contributed by atoms with Crippen LogP contribution in [-0.4, -0.2) is 40.2 Å². The number of nitrogens with one attached hydrogen (secondary N) is 3. The SMILES string of the molecule is CNC(=O)[C@H](NC(=O)c1ccc(-c2cccc(CNC(=O)c3cn4cccc(C)c4n3)c2)o1)C1CCCCC1. The van der Waals surface area contributed by atoms with E-state index in [0.29, 0.717) is 18.0 Å². The van der Waals surface area contributed by atoms with E-state index in [1.807, 2.05) is 53.9 Å². The number of pyridine rings is 1. The predicted molar refractivity (Wildman–Crippen MR) is 147 cm³/mol. The van der Waals surface area contributed by atoms with Crippen LogP contribution in [0.3, 0.4) is 0 Å². The average Bonchev–Trinajstić information content (AvgIpc) is 3.64. The Balaban J connectivity index is 1.24. The lowest BCUT2D eigenvalue weighted by Gasteiger charge is -2.29. The third kappa shape index (κ3) is 5.87. The Morgan fingerprint density at radius 3 is 2.64 bits per heavy atom. The van der Waals surface area contributed by atoms with Crippen molar-refractivity contribution in [3.05, 3.63) is 83.5 Å². The van der Waals surface area contributed by atoms with Gasteiger partial charge in [0.2, 0.25) is 5.91 Å². The van der Waals surface area contributed by atoms with Gasteiger partial charge in [-0.15, -0.1) is 0 Å². The fourth-order valence-electron chi connectivity index (χ4n) is 5.22.